The second-order valence-electron chi connectivity index (χ2n) is 7.11. The lowest BCUT2D eigenvalue weighted by Crippen LogP contribution is -2.36. The molecule has 0 radical (unpaired) electrons. The first-order valence-electron chi connectivity index (χ1n) is 9.51. The van der Waals surface area contributed by atoms with Crippen molar-refractivity contribution in [2.24, 2.45) is 0 Å². The van der Waals surface area contributed by atoms with Crippen LogP contribution < -0.4 is 0 Å². The standard InChI is InChI=1S/C21H25FN2O3S2/c1-23(15-16-7-6-8-17(22)13-16)29(26,27)18-9-10-20(28-2)19(14-18)21(25)24-11-4-3-5-12-24/h6-10,13-14H,3-5,11-12,15H2,1-2H3. The fourth-order valence-electron chi connectivity index (χ4n) is 3.44. The number of carbonyl (C=O) groups is 1. The van der Waals surface area contributed by atoms with Gasteiger partial charge in [-0.05, 0) is 61.4 Å². The van der Waals surface area contributed by atoms with Crippen LogP contribution in [0.1, 0.15) is 35.2 Å². The van der Waals surface area contributed by atoms with Crippen LogP contribution in [-0.2, 0) is 16.6 Å². The summed E-state index contributed by atoms with van der Waals surface area (Å²) in [7, 11) is -2.38. The lowest BCUT2D eigenvalue weighted by Gasteiger charge is -2.27. The molecule has 0 N–H and O–H groups in total. The molecule has 2 aromatic rings. The van der Waals surface area contributed by atoms with E-state index >= 15 is 0 Å². The van der Waals surface area contributed by atoms with Crippen molar-refractivity contribution in [1.29, 1.82) is 0 Å². The number of rotatable bonds is 6. The Morgan fingerprint density at radius 3 is 2.52 bits per heavy atom. The first-order valence-corrected chi connectivity index (χ1v) is 12.2. The molecule has 1 fully saturated rings. The molecule has 1 heterocycles. The lowest BCUT2D eigenvalue weighted by atomic mass is 10.1. The Hall–Kier alpha value is -1.90. The highest BCUT2D eigenvalue weighted by molar-refractivity contribution is 7.98. The molecular formula is C21H25FN2O3S2. The number of thioether (sulfide) groups is 1. The van der Waals surface area contributed by atoms with Gasteiger partial charge < -0.3 is 4.90 Å². The molecule has 0 saturated carbocycles. The SMILES string of the molecule is CSc1ccc(S(=O)(=O)N(C)Cc2cccc(F)c2)cc1C(=O)N1CCCCC1. The third-order valence-electron chi connectivity index (χ3n) is 5.05. The van der Waals surface area contributed by atoms with Gasteiger partial charge in [0, 0.05) is 31.6 Å². The summed E-state index contributed by atoms with van der Waals surface area (Å²) >= 11 is 1.42. The minimum absolute atomic E-state index is 0.0414. The quantitative estimate of drug-likeness (QED) is 0.643. The maximum atomic E-state index is 13.4. The van der Waals surface area contributed by atoms with E-state index in [9.17, 15) is 17.6 Å². The minimum Gasteiger partial charge on any atom is -0.339 e. The Labute approximate surface area is 175 Å². The highest BCUT2D eigenvalue weighted by atomic mass is 32.2. The molecule has 29 heavy (non-hydrogen) atoms. The van der Waals surface area contributed by atoms with Crippen LogP contribution in [0.2, 0.25) is 0 Å². The molecule has 0 unspecified atom stereocenters. The zero-order valence-electron chi connectivity index (χ0n) is 16.6. The third kappa shape index (κ3) is 4.99. The van der Waals surface area contributed by atoms with Crippen LogP contribution in [-0.4, -0.2) is 49.9 Å². The van der Waals surface area contributed by atoms with Crippen LogP contribution in [0.3, 0.4) is 0 Å². The van der Waals surface area contributed by atoms with E-state index in [0.29, 0.717) is 24.2 Å². The molecule has 0 aromatic heterocycles. The van der Waals surface area contributed by atoms with E-state index in [4.69, 9.17) is 0 Å². The molecule has 0 bridgehead atoms. The molecule has 3 rings (SSSR count). The molecule has 1 amide bonds. The largest absolute Gasteiger partial charge is 0.339 e. The van der Waals surface area contributed by atoms with Crippen molar-refractivity contribution in [1.82, 2.24) is 9.21 Å². The molecule has 0 aliphatic carbocycles. The fraction of sp³-hybridized carbons (Fsp3) is 0.381. The topological polar surface area (TPSA) is 57.7 Å². The number of benzene rings is 2. The van der Waals surface area contributed by atoms with Gasteiger partial charge in [-0.2, -0.15) is 4.31 Å². The number of amides is 1. The van der Waals surface area contributed by atoms with Crippen molar-refractivity contribution < 1.29 is 17.6 Å². The molecule has 0 atom stereocenters. The molecular weight excluding hydrogens is 411 g/mol. The average Bonchev–Trinajstić information content (AvgIpc) is 2.73. The summed E-state index contributed by atoms with van der Waals surface area (Å²) in [6, 6.07) is 10.5. The van der Waals surface area contributed by atoms with Crippen molar-refractivity contribution in [2.45, 2.75) is 35.6 Å². The highest BCUT2D eigenvalue weighted by Crippen LogP contribution is 2.27. The van der Waals surface area contributed by atoms with Gasteiger partial charge in [-0.3, -0.25) is 4.79 Å². The zero-order valence-corrected chi connectivity index (χ0v) is 18.2. The van der Waals surface area contributed by atoms with E-state index in [2.05, 4.69) is 0 Å². The van der Waals surface area contributed by atoms with E-state index in [0.717, 1.165) is 24.2 Å². The summed E-state index contributed by atoms with van der Waals surface area (Å²) in [6.07, 6.45) is 4.91. The molecule has 2 aromatic carbocycles. The normalized spacial score (nSPS) is 15.0. The summed E-state index contributed by atoms with van der Waals surface area (Å²) in [4.78, 5) is 15.6. The maximum absolute atomic E-state index is 13.4. The highest BCUT2D eigenvalue weighted by Gasteiger charge is 2.26. The van der Waals surface area contributed by atoms with Crippen LogP contribution in [0.4, 0.5) is 4.39 Å². The van der Waals surface area contributed by atoms with E-state index in [1.165, 1.54) is 47.4 Å². The molecule has 8 heteroatoms. The third-order valence-corrected chi connectivity index (χ3v) is 7.64. The van der Waals surface area contributed by atoms with Gasteiger partial charge in [0.25, 0.3) is 5.91 Å². The van der Waals surface area contributed by atoms with Crippen LogP contribution in [0, 0.1) is 5.82 Å². The predicted octanol–water partition coefficient (Wildman–Crippen LogP) is 3.99. The number of halogens is 1. The van der Waals surface area contributed by atoms with Crippen LogP contribution in [0.25, 0.3) is 0 Å². The van der Waals surface area contributed by atoms with Gasteiger partial charge in [0.05, 0.1) is 10.5 Å². The summed E-state index contributed by atoms with van der Waals surface area (Å²) in [5.74, 6) is -0.536. The summed E-state index contributed by atoms with van der Waals surface area (Å²) < 4.78 is 40.7. The summed E-state index contributed by atoms with van der Waals surface area (Å²) in [5, 5.41) is 0. The Morgan fingerprint density at radius 1 is 1.14 bits per heavy atom. The summed E-state index contributed by atoms with van der Waals surface area (Å²) in [6.45, 7) is 1.44. The number of piperidine rings is 1. The van der Waals surface area contributed by atoms with Crippen molar-refractivity contribution in [3.05, 3.63) is 59.4 Å². The minimum atomic E-state index is -3.83. The van der Waals surface area contributed by atoms with Gasteiger partial charge in [0.1, 0.15) is 5.82 Å². The predicted molar refractivity (Wildman–Crippen MR) is 113 cm³/mol. The Balaban J connectivity index is 1.89. The second-order valence-corrected chi connectivity index (χ2v) is 10.00. The first kappa shape index (κ1) is 21.8. The Morgan fingerprint density at radius 2 is 1.86 bits per heavy atom. The van der Waals surface area contributed by atoms with Crippen LogP contribution in [0.15, 0.2) is 52.3 Å². The zero-order chi connectivity index (χ0) is 21.0. The van der Waals surface area contributed by atoms with Crippen LogP contribution >= 0.6 is 11.8 Å². The van der Waals surface area contributed by atoms with E-state index in [1.807, 2.05) is 6.26 Å². The summed E-state index contributed by atoms with van der Waals surface area (Å²) in [5.41, 5.74) is 0.973. The number of sulfonamides is 1. The molecule has 1 aliphatic heterocycles. The van der Waals surface area contributed by atoms with E-state index in [1.54, 1.807) is 23.1 Å². The number of carbonyl (C=O) groups excluding carboxylic acids is 1. The van der Waals surface area contributed by atoms with Crippen LogP contribution in [0.5, 0.6) is 0 Å². The average molecular weight is 437 g/mol. The van der Waals surface area contributed by atoms with Crippen molar-refractivity contribution in [3.8, 4) is 0 Å². The fourth-order valence-corrected chi connectivity index (χ4v) is 5.20. The monoisotopic (exact) mass is 436 g/mol. The van der Waals surface area contributed by atoms with Crippen molar-refractivity contribution >= 4 is 27.7 Å². The number of nitrogens with zero attached hydrogens (tertiary/aromatic N) is 2. The van der Waals surface area contributed by atoms with Gasteiger partial charge in [-0.15, -0.1) is 11.8 Å². The van der Waals surface area contributed by atoms with Gasteiger partial charge >= 0.3 is 0 Å². The maximum Gasteiger partial charge on any atom is 0.255 e. The molecule has 0 spiro atoms. The Bertz CT molecular complexity index is 989. The van der Waals surface area contributed by atoms with Crippen molar-refractivity contribution in [2.75, 3.05) is 26.4 Å². The molecule has 5 nitrogen and oxygen atoms in total. The van der Waals surface area contributed by atoms with Gasteiger partial charge in [-0.1, -0.05) is 12.1 Å². The van der Waals surface area contributed by atoms with E-state index in [-0.39, 0.29) is 17.3 Å². The van der Waals surface area contributed by atoms with Gasteiger partial charge in [0.2, 0.25) is 10.0 Å². The second kappa shape index (κ2) is 9.28. The molecule has 1 saturated heterocycles. The number of hydrogen-bond acceptors (Lipinski definition) is 4. The number of hydrogen-bond donors (Lipinski definition) is 0. The smallest absolute Gasteiger partial charge is 0.255 e. The first-order chi connectivity index (χ1) is 13.8. The van der Waals surface area contributed by atoms with E-state index < -0.39 is 15.8 Å². The lowest BCUT2D eigenvalue weighted by molar-refractivity contribution is 0.0720. The Kier molecular flexibility index (Phi) is 6.97. The molecule has 1 aliphatic rings. The molecule has 156 valence electrons. The van der Waals surface area contributed by atoms with Crippen molar-refractivity contribution in [3.63, 3.8) is 0 Å². The number of likely N-dealkylation sites (tertiary alicyclic amines) is 1. The van der Waals surface area contributed by atoms with Gasteiger partial charge in [0.15, 0.2) is 0 Å². The van der Waals surface area contributed by atoms with Gasteiger partial charge in [-0.25, -0.2) is 12.8 Å².